The summed E-state index contributed by atoms with van der Waals surface area (Å²) in [6.45, 7) is 2.49. The molecule has 0 radical (unpaired) electrons. The standard InChI is InChI=1S/C12H15FN2/c13-11-1-3-12(4-2-11)15-7-5-10(9-14)6-8-15/h1-5H,6-9,14H2. The molecular formula is C12H15FN2. The van der Waals surface area contributed by atoms with Gasteiger partial charge in [-0.2, -0.15) is 0 Å². The third-order valence-corrected chi connectivity index (χ3v) is 2.76. The number of nitrogens with two attached hydrogens (primary N) is 1. The first-order valence-corrected chi connectivity index (χ1v) is 5.18. The average molecular weight is 206 g/mol. The summed E-state index contributed by atoms with van der Waals surface area (Å²) in [5.41, 5.74) is 7.96. The van der Waals surface area contributed by atoms with Crippen LogP contribution in [-0.4, -0.2) is 19.6 Å². The molecule has 0 saturated heterocycles. The third kappa shape index (κ3) is 2.36. The molecule has 0 aromatic heterocycles. The first-order valence-electron chi connectivity index (χ1n) is 5.18. The Balaban J connectivity index is 2.07. The van der Waals surface area contributed by atoms with Crippen LogP contribution in [0.15, 0.2) is 35.9 Å². The lowest BCUT2D eigenvalue weighted by Crippen LogP contribution is -2.29. The SMILES string of the molecule is NCC1=CCN(c2ccc(F)cc2)CC1. The molecule has 1 aliphatic rings. The molecule has 0 aliphatic carbocycles. The van der Waals surface area contributed by atoms with Gasteiger partial charge in [0, 0.05) is 25.3 Å². The van der Waals surface area contributed by atoms with Gasteiger partial charge in [-0.05, 0) is 30.7 Å². The maximum atomic E-state index is 12.7. The Labute approximate surface area is 89.2 Å². The summed E-state index contributed by atoms with van der Waals surface area (Å²) in [5, 5.41) is 0. The lowest BCUT2D eigenvalue weighted by molar-refractivity contribution is 0.627. The van der Waals surface area contributed by atoms with Gasteiger partial charge >= 0.3 is 0 Å². The Morgan fingerprint density at radius 1 is 1.27 bits per heavy atom. The molecule has 0 amide bonds. The van der Waals surface area contributed by atoms with E-state index in [1.54, 1.807) is 0 Å². The van der Waals surface area contributed by atoms with Gasteiger partial charge in [0.25, 0.3) is 0 Å². The van der Waals surface area contributed by atoms with E-state index in [9.17, 15) is 4.39 Å². The van der Waals surface area contributed by atoms with Gasteiger partial charge in [0.2, 0.25) is 0 Å². The van der Waals surface area contributed by atoms with Crippen LogP contribution in [0.4, 0.5) is 10.1 Å². The first-order chi connectivity index (χ1) is 7.29. The molecule has 0 atom stereocenters. The van der Waals surface area contributed by atoms with Gasteiger partial charge in [-0.25, -0.2) is 4.39 Å². The largest absolute Gasteiger partial charge is 0.367 e. The van der Waals surface area contributed by atoms with Crippen LogP contribution in [-0.2, 0) is 0 Å². The van der Waals surface area contributed by atoms with Crippen LogP contribution in [0, 0.1) is 5.82 Å². The van der Waals surface area contributed by atoms with Gasteiger partial charge in [-0.15, -0.1) is 0 Å². The summed E-state index contributed by atoms with van der Waals surface area (Å²) in [6.07, 6.45) is 3.17. The van der Waals surface area contributed by atoms with Crippen molar-refractivity contribution in [2.75, 3.05) is 24.5 Å². The van der Waals surface area contributed by atoms with Gasteiger partial charge in [-0.1, -0.05) is 11.6 Å². The molecule has 1 heterocycles. The van der Waals surface area contributed by atoms with Crippen molar-refractivity contribution in [3.05, 3.63) is 41.7 Å². The van der Waals surface area contributed by atoms with Crippen molar-refractivity contribution in [3.8, 4) is 0 Å². The fourth-order valence-electron chi connectivity index (χ4n) is 1.78. The minimum atomic E-state index is -0.186. The lowest BCUT2D eigenvalue weighted by Gasteiger charge is -2.28. The van der Waals surface area contributed by atoms with E-state index >= 15 is 0 Å². The molecule has 1 aliphatic heterocycles. The third-order valence-electron chi connectivity index (χ3n) is 2.76. The molecule has 80 valence electrons. The molecular weight excluding hydrogens is 191 g/mol. The highest BCUT2D eigenvalue weighted by Gasteiger charge is 2.10. The molecule has 0 fully saturated rings. The number of hydrogen-bond acceptors (Lipinski definition) is 2. The maximum absolute atomic E-state index is 12.7. The van der Waals surface area contributed by atoms with E-state index in [2.05, 4.69) is 11.0 Å². The molecule has 1 aromatic rings. The van der Waals surface area contributed by atoms with Crippen molar-refractivity contribution >= 4 is 5.69 Å². The van der Waals surface area contributed by atoms with Crippen LogP contribution in [0.3, 0.4) is 0 Å². The van der Waals surface area contributed by atoms with E-state index in [4.69, 9.17) is 5.73 Å². The van der Waals surface area contributed by atoms with Crippen molar-refractivity contribution in [1.29, 1.82) is 0 Å². The van der Waals surface area contributed by atoms with E-state index in [0.29, 0.717) is 6.54 Å². The van der Waals surface area contributed by atoms with E-state index in [1.807, 2.05) is 12.1 Å². The number of hydrogen-bond donors (Lipinski definition) is 1. The Hall–Kier alpha value is -1.35. The number of benzene rings is 1. The Morgan fingerprint density at radius 2 is 2.00 bits per heavy atom. The molecule has 2 N–H and O–H groups in total. The predicted molar refractivity (Wildman–Crippen MR) is 60.4 cm³/mol. The number of anilines is 1. The highest BCUT2D eigenvalue weighted by molar-refractivity contribution is 5.48. The summed E-state index contributed by atoms with van der Waals surface area (Å²) in [6, 6.07) is 6.63. The monoisotopic (exact) mass is 206 g/mol. The Bertz CT molecular complexity index is 356. The molecule has 15 heavy (non-hydrogen) atoms. The van der Waals surface area contributed by atoms with Crippen LogP contribution in [0.5, 0.6) is 0 Å². The zero-order chi connectivity index (χ0) is 10.7. The predicted octanol–water partition coefficient (Wildman–Crippen LogP) is 1.92. The van der Waals surface area contributed by atoms with Crippen LogP contribution in [0.1, 0.15) is 6.42 Å². The Kier molecular flexibility index (Phi) is 3.02. The maximum Gasteiger partial charge on any atom is 0.123 e. The minimum Gasteiger partial charge on any atom is -0.367 e. The van der Waals surface area contributed by atoms with E-state index in [1.165, 1.54) is 17.7 Å². The summed E-state index contributed by atoms with van der Waals surface area (Å²) >= 11 is 0. The van der Waals surface area contributed by atoms with Gasteiger partial charge in [0.1, 0.15) is 5.82 Å². The molecule has 1 aromatic carbocycles. The quantitative estimate of drug-likeness (QED) is 0.749. The van der Waals surface area contributed by atoms with Gasteiger partial charge in [0.05, 0.1) is 0 Å². The molecule has 0 spiro atoms. The molecule has 0 unspecified atom stereocenters. The van der Waals surface area contributed by atoms with Crippen molar-refractivity contribution < 1.29 is 4.39 Å². The summed E-state index contributed by atoms with van der Waals surface area (Å²) in [5.74, 6) is -0.186. The fraction of sp³-hybridized carbons (Fsp3) is 0.333. The fourth-order valence-corrected chi connectivity index (χ4v) is 1.78. The van der Waals surface area contributed by atoms with Gasteiger partial charge < -0.3 is 10.6 Å². The molecule has 2 rings (SSSR count). The van der Waals surface area contributed by atoms with Crippen LogP contribution in [0.2, 0.25) is 0 Å². The molecule has 0 bridgehead atoms. The highest BCUT2D eigenvalue weighted by Crippen LogP contribution is 2.19. The number of halogens is 1. The van der Waals surface area contributed by atoms with Crippen molar-refractivity contribution in [2.45, 2.75) is 6.42 Å². The smallest absolute Gasteiger partial charge is 0.123 e. The second kappa shape index (κ2) is 4.45. The van der Waals surface area contributed by atoms with Crippen molar-refractivity contribution in [2.24, 2.45) is 5.73 Å². The second-order valence-electron chi connectivity index (χ2n) is 3.74. The van der Waals surface area contributed by atoms with Crippen LogP contribution in [0.25, 0.3) is 0 Å². The Morgan fingerprint density at radius 3 is 2.53 bits per heavy atom. The number of rotatable bonds is 2. The molecule has 2 nitrogen and oxygen atoms in total. The zero-order valence-electron chi connectivity index (χ0n) is 8.62. The number of nitrogens with zero attached hydrogens (tertiary/aromatic N) is 1. The summed E-state index contributed by atoms with van der Waals surface area (Å²) < 4.78 is 12.7. The topological polar surface area (TPSA) is 29.3 Å². The molecule has 3 heteroatoms. The second-order valence-corrected chi connectivity index (χ2v) is 3.74. The highest BCUT2D eigenvalue weighted by atomic mass is 19.1. The molecule has 0 saturated carbocycles. The van der Waals surface area contributed by atoms with Crippen molar-refractivity contribution in [1.82, 2.24) is 0 Å². The summed E-state index contributed by atoms with van der Waals surface area (Å²) in [7, 11) is 0. The van der Waals surface area contributed by atoms with Crippen molar-refractivity contribution in [3.63, 3.8) is 0 Å². The van der Waals surface area contributed by atoms with E-state index in [0.717, 1.165) is 25.2 Å². The minimum absolute atomic E-state index is 0.186. The summed E-state index contributed by atoms with van der Waals surface area (Å²) in [4.78, 5) is 2.22. The van der Waals surface area contributed by atoms with Gasteiger partial charge in [-0.3, -0.25) is 0 Å². The van der Waals surface area contributed by atoms with Gasteiger partial charge in [0.15, 0.2) is 0 Å². The average Bonchev–Trinajstić information content (AvgIpc) is 2.30. The lowest BCUT2D eigenvalue weighted by atomic mass is 10.1. The van der Waals surface area contributed by atoms with E-state index < -0.39 is 0 Å². The van der Waals surface area contributed by atoms with E-state index in [-0.39, 0.29) is 5.82 Å². The van der Waals surface area contributed by atoms with Crippen LogP contribution >= 0.6 is 0 Å². The first kappa shape index (κ1) is 10.2. The normalized spacial score (nSPS) is 16.4. The van der Waals surface area contributed by atoms with Crippen LogP contribution < -0.4 is 10.6 Å². The zero-order valence-corrected chi connectivity index (χ0v) is 8.62.